The van der Waals surface area contributed by atoms with Crippen LogP contribution in [0.1, 0.15) is 118 Å². The predicted octanol–water partition coefficient (Wildman–Crippen LogP) is 6.90. The Bertz CT molecular complexity index is 983. The average Bonchev–Trinajstić information content (AvgIpc) is 2.92. The van der Waals surface area contributed by atoms with E-state index in [-0.39, 0.29) is 41.3 Å². The zero-order chi connectivity index (χ0) is 31.7. The lowest BCUT2D eigenvalue weighted by Gasteiger charge is -2.63. The van der Waals surface area contributed by atoms with Crippen molar-refractivity contribution in [1.29, 1.82) is 0 Å². The highest BCUT2D eigenvalue weighted by atomic mass is 16.7. The Kier molecular flexibility index (Phi) is 9.55. The standard InChI is InChI=1S/C34H54O10/c1-6-29(7-2,8-3)23-40-27(36)43-33-14-25-13-32(16-33,42-26(35)11-12-30(9-4)19-38-20-30)17-34(15-25,18-33)44-28(37)41-24-31(10-5)21-39-22-31/h25H,6-24H2,1-5H3. The van der Waals surface area contributed by atoms with E-state index in [1.807, 2.05) is 0 Å². The Morgan fingerprint density at radius 1 is 0.682 bits per heavy atom. The SMILES string of the molecule is CCC1(CCC(=O)OC23CC4CC(OC(=O)OCC(CC)(CC)CC)(C2)CC(OC(=O)OCC2(CC)COC2)(C4)C3)COC1. The summed E-state index contributed by atoms with van der Waals surface area (Å²) in [6, 6.07) is 0. The van der Waals surface area contributed by atoms with Gasteiger partial charge in [0.05, 0.1) is 31.8 Å². The van der Waals surface area contributed by atoms with Crippen molar-refractivity contribution >= 4 is 18.3 Å². The van der Waals surface area contributed by atoms with Gasteiger partial charge in [-0.1, -0.05) is 34.6 Å². The van der Waals surface area contributed by atoms with Gasteiger partial charge < -0.3 is 33.2 Å². The normalized spacial score (nSPS) is 32.6. The molecule has 2 aliphatic heterocycles. The maximum atomic E-state index is 13.3. The molecule has 10 nitrogen and oxygen atoms in total. The Morgan fingerprint density at radius 3 is 1.59 bits per heavy atom. The van der Waals surface area contributed by atoms with Gasteiger partial charge in [-0.15, -0.1) is 0 Å². The summed E-state index contributed by atoms with van der Waals surface area (Å²) >= 11 is 0. The van der Waals surface area contributed by atoms with E-state index in [1.165, 1.54) is 0 Å². The zero-order valence-electron chi connectivity index (χ0n) is 27.6. The van der Waals surface area contributed by atoms with Crippen LogP contribution >= 0.6 is 0 Å². The minimum atomic E-state index is -0.959. The van der Waals surface area contributed by atoms with E-state index in [1.54, 1.807) is 0 Å². The van der Waals surface area contributed by atoms with Gasteiger partial charge in [-0.2, -0.15) is 0 Å². The number of carbonyl (C=O) groups excluding carboxylic acids is 3. The molecule has 44 heavy (non-hydrogen) atoms. The third-order valence-corrected chi connectivity index (χ3v) is 12.1. The van der Waals surface area contributed by atoms with Crippen molar-refractivity contribution < 1.29 is 47.5 Å². The van der Waals surface area contributed by atoms with Crippen molar-refractivity contribution in [2.45, 2.75) is 135 Å². The molecule has 2 heterocycles. The number of hydrogen-bond donors (Lipinski definition) is 0. The molecule has 4 saturated carbocycles. The molecule has 6 fully saturated rings. The number of carbonyl (C=O) groups is 3. The van der Waals surface area contributed by atoms with Gasteiger partial charge in [0.15, 0.2) is 0 Å². The fraction of sp³-hybridized carbons (Fsp3) is 0.912. The summed E-state index contributed by atoms with van der Waals surface area (Å²) in [4.78, 5) is 39.7. The second-order valence-corrected chi connectivity index (χ2v) is 15.1. The summed E-state index contributed by atoms with van der Waals surface area (Å²) in [5.74, 6) is -0.208. The minimum Gasteiger partial charge on any atom is -0.459 e. The molecule has 250 valence electrons. The highest BCUT2D eigenvalue weighted by Gasteiger charge is 2.69. The van der Waals surface area contributed by atoms with E-state index in [0.717, 1.165) is 32.1 Å². The molecule has 0 amide bonds. The van der Waals surface area contributed by atoms with Gasteiger partial charge in [0.1, 0.15) is 30.0 Å². The van der Waals surface area contributed by atoms with Crippen LogP contribution in [0.15, 0.2) is 0 Å². The van der Waals surface area contributed by atoms with Crippen LogP contribution in [0, 0.1) is 22.2 Å². The maximum absolute atomic E-state index is 13.3. The zero-order valence-corrected chi connectivity index (χ0v) is 27.6. The van der Waals surface area contributed by atoms with Gasteiger partial charge >= 0.3 is 18.3 Å². The van der Waals surface area contributed by atoms with Crippen molar-refractivity contribution in [1.82, 2.24) is 0 Å². The highest BCUT2D eigenvalue weighted by molar-refractivity contribution is 5.70. The Hall–Kier alpha value is -2.07. The molecular weight excluding hydrogens is 568 g/mol. The Morgan fingerprint density at radius 2 is 1.16 bits per heavy atom. The van der Waals surface area contributed by atoms with E-state index < -0.39 is 29.1 Å². The lowest BCUT2D eigenvalue weighted by atomic mass is 9.50. The van der Waals surface area contributed by atoms with E-state index in [2.05, 4.69) is 34.6 Å². The van der Waals surface area contributed by atoms with E-state index in [4.69, 9.17) is 33.2 Å². The van der Waals surface area contributed by atoms with Gasteiger partial charge in [0, 0.05) is 36.5 Å². The molecule has 10 heteroatoms. The quantitative estimate of drug-likeness (QED) is 0.141. The van der Waals surface area contributed by atoms with Crippen molar-refractivity contribution in [2.24, 2.45) is 22.2 Å². The minimum absolute atomic E-state index is 0.0364. The van der Waals surface area contributed by atoms with Crippen LogP contribution in [0.4, 0.5) is 9.59 Å². The number of esters is 1. The summed E-state index contributed by atoms with van der Waals surface area (Å²) < 4.78 is 40.9. The molecular formula is C34H54O10. The molecule has 2 saturated heterocycles. The lowest BCUT2D eigenvalue weighted by molar-refractivity contribution is -0.267. The van der Waals surface area contributed by atoms with Crippen molar-refractivity contribution in [2.75, 3.05) is 39.6 Å². The monoisotopic (exact) mass is 622 g/mol. The van der Waals surface area contributed by atoms with Crippen LogP contribution in [0.2, 0.25) is 0 Å². The summed E-state index contributed by atoms with van der Waals surface area (Å²) in [5.41, 5.74) is -3.03. The molecule has 6 rings (SSSR count). The first-order valence-electron chi connectivity index (χ1n) is 17.0. The van der Waals surface area contributed by atoms with Crippen molar-refractivity contribution in [3.05, 3.63) is 0 Å². The summed E-state index contributed by atoms with van der Waals surface area (Å²) in [7, 11) is 0. The average molecular weight is 623 g/mol. The van der Waals surface area contributed by atoms with Gasteiger partial charge in [0.25, 0.3) is 0 Å². The van der Waals surface area contributed by atoms with Crippen LogP contribution in [0.25, 0.3) is 0 Å². The molecule has 0 aromatic carbocycles. The van der Waals surface area contributed by atoms with Gasteiger partial charge in [-0.3, -0.25) is 4.79 Å². The van der Waals surface area contributed by atoms with Crippen molar-refractivity contribution in [3.63, 3.8) is 0 Å². The van der Waals surface area contributed by atoms with Crippen LogP contribution in [0.3, 0.4) is 0 Å². The van der Waals surface area contributed by atoms with Gasteiger partial charge in [-0.25, -0.2) is 9.59 Å². The first-order valence-corrected chi connectivity index (χ1v) is 17.0. The highest BCUT2D eigenvalue weighted by Crippen LogP contribution is 2.63. The summed E-state index contributed by atoms with van der Waals surface area (Å²) in [6.45, 7) is 13.5. The van der Waals surface area contributed by atoms with Crippen LogP contribution in [0.5, 0.6) is 0 Å². The van der Waals surface area contributed by atoms with Crippen LogP contribution < -0.4 is 0 Å². The molecule has 6 aliphatic rings. The summed E-state index contributed by atoms with van der Waals surface area (Å²) in [5, 5.41) is 0. The smallest absolute Gasteiger partial charge is 0.459 e. The lowest BCUT2D eigenvalue weighted by Crippen LogP contribution is -2.69. The fourth-order valence-electron chi connectivity index (χ4n) is 8.77. The number of hydrogen-bond acceptors (Lipinski definition) is 10. The number of ether oxygens (including phenoxy) is 7. The maximum Gasteiger partial charge on any atom is 0.508 e. The molecule has 0 aromatic rings. The molecule has 0 radical (unpaired) electrons. The molecule has 4 bridgehead atoms. The second kappa shape index (κ2) is 12.6. The third kappa shape index (κ3) is 6.72. The van der Waals surface area contributed by atoms with Gasteiger partial charge in [-0.05, 0) is 63.7 Å². The molecule has 0 aromatic heterocycles. The Labute approximate surface area is 262 Å². The third-order valence-electron chi connectivity index (χ3n) is 12.1. The van der Waals surface area contributed by atoms with Crippen LogP contribution in [-0.2, 0) is 38.0 Å². The predicted molar refractivity (Wildman–Crippen MR) is 160 cm³/mol. The Balaban J connectivity index is 1.31. The van der Waals surface area contributed by atoms with E-state index >= 15 is 0 Å². The molecule has 0 N–H and O–H groups in total. The molecule has 4 aliphatic carbocycles. The molecule has 4 atom stereocenters. The molecule has 4 unspecified atom stereocenters. The summed E-state index contributed by atoms with van der Waals surface area (Å²) in [6.07, 6.45) is 7.00. The number of rotatable bonds is 15. The van der Waals surface area contributed by atoms with Gasteiger partial charge in [0.2, 0.25) is 0 Å². The van der Waals surface area contributed by atoms with E-state index in [9.17, 15) is 14.4 Å². The first-order chi connectivity index (χ1) is 20.9. The van der Waals surface area contributed by atoms with E-state index in [0.29, 0.717) is 77.8 Å². The van der Waals surface area contributed by atoms with Crippen molar-refractivity contribution in [3.8, 4) is 0 Å². The fourth-order valence-corrected chi connectivity index (χ4v) is 8.77. The van der Waals surface area contributed by atoms with Crippen LogP contribution in [-0.4, -0.2) is 74.7 Å². The first kappa shape index (κ1) is 33.3. The topological polar surface area (TPSA) is 116 Å². The molecule has 0 spiro atoms. The second-order valence-electron chi connectivity index (χ2n) is 15.1. The largest absolute Gasteiger partial charge is 0.508 e.